The van der Waals surface area contributed by atoms with Gasteiger partial charge in [-0.15, -0.1) is 0 Å². The van der Waals surface area contributed by atoms with Crippen molar-refractivity contribution < 1.29 is 90.2 Å². The zero-order valence-electron chi connectivity index (χ0n) is 64.6. The molecule has 0 aromatic carbocycles. The predicted octanol–water partition coefficient (Wildman–Crippen LogP) is 10.3. The topological polar surface area (TPSA) is 237 Å². The Balaban J connectivity index is 0.000000575. The molecule has 86 heavy (non-hydrogen) atoms. The van der Waals surface area contributed by atoms with Gasteiger partial charge in [-0.05, 0) is 118 Å². The molecule has 0 amide bonds. The number of hydrogen-bond acceptors (Lipinski definition) is 19. The van der Waals surface area contributed by atoms with Crippen molar-refractivity contribution in [2.24, 2.45) is 11.8 Å². The highest BCUT2D eigenvalue weighted by Crippen LogP contribution is 2.55. The Bertz CT molecular complexity index is 2100. The van der Waals surface area contributed by atoms with E-state index >= 15 is 0 Å². The number of ketones is 1. The van der Waals surface area contributed by atoms with Crippen molar-refractivity contribution in [1.29, 1.82) is 4.29 Å². The average Bonchev–Trinajstić information content (AvgIpc) is 1.60. The molecule has 0 aromatic heterocycles. The van der Waals surface area contributed by atoms with E-state index in [-0.39, 0.29) is 108 Å². The molecular formula is C63H127N2O18PSi2. The fraction of sp³-hybridized carbons (Fsp3) is 0.968. The molecular weight excluding hydrogens is 1160 g/mol. The van der Waals surface area contributed by atoms with Gasteiger partial charge in [0.1, 0.15) is 83.6 Å². The Kier molecular flexibility index (Phi) is 29.6. The van der Waals surface area contributed by atoms with E-state index in [4.69, 9.17) is 70.8 Å². The van der Waals surface area contributed by atoms with Crippen LogP contribution in [-0.4, -0.2) is 232 Å². The van der Waals surface area contributed by atoms with Gasteiger partial charge in [0.15, 0.2) is 16.6 Å². The zero-order chi connectivity index (χ0) is 71.8. The minimum absolute atomic E-state index is 0.0121. The predicted molar refractivity (Wildman–Crippen MR) is 345 cm³/mol. The molecule has 0 aromatic rings. The number of nitrogens with zero attached hydrogens (tertiary/aromatic N) is 2. The van der Waals surface area contributed by atoms with Gasteiger partial charge < -0.3 is 86.2 Å². The molecule has 8 aliphatic heterocycles. The molecule has 8 saturated heterocycles. The summed E-state index contributed by atoms with van der Waals surface area (Å²) in [6.07, 6.45) is -3.65. The van der Waals surface area contributed by atoms with Crippen LogP contribution in [-0.2, 0) is 60.6 Å². The normalized spacial score (nSPS) is 37.2. The van der Waals surface area contributed by atoms with Gasteiger partial charge in [0.2, 0.25) is 10.8 Å². The van der Waals surface area contributed by atoms with Crippen molar-refractivity contribution in [3.8, 4) is 0 Å². The van der Waals surface area contributed by atoms with Crippen LogP contribution in [0.2, 0.25) is 36.3 Å². The van der Waals surface area contributed by atoms with E-state index in [1.54, 1.807) is 13.8 Å². The lowest BCUT2D eigenvalue weighted by atomic mass is 9.93. The molecule has 8 fully saturated rings. The second-order valence-corrected chi connectivity index (χ2v) is 38.5. The Labute approximate surface area is 534 Å². The summed E-state index contributed by atoms with van der Waals surface area (Å²) in [6.45, 7) is 62.8. The summed E-state index contributed by atoms with van der Waals surface area (Å²) >= 11 is 0. The minimum atomic E-state index is -1.91. The Morgan fingerprint density at radius 3 is 1.31 bits per heavy atom. The van der Waals surface area contributed by atoms with Crippen molar-refractivity contribution in [3.63, 3.8) is 0 Å². The third kappa shape index (κ3) is 19.2. The molecule has 23 heteroatoms. The molecule has 8 bridgehead atoms. The molecule has 5 N–H and O–H groups in total. The van der Waals surface area contributed by atoms with Crippen LogP contribution in [0.25, 0.3) is 4.85 Å². The number of aliphatic hydroxyl groups excluding tert-OH is 5. The summed E-state index contributed by atoms with van der Waals surface area (Å²) in [4.78, 5) is 14.2. The van der Waals surface area contributed by atoms with E-state index < -0.39 is 72.6 Å². The molecule has 5 unspecified atom stereocenters. The molecule has 0 saturated carbocycles. The lowest BCUT2D eigenvalue weighted by molar-refractivity contribution is -0.178. The monoisotopic (exact) mass is 1300 g/mol. The van der Waals surface area contributed by atoms with E-state index in [1.165, 1.54) is 21.3 Å². The van der Waals surface area contributed by atoms with Gasteiger partial charge in [0.25, 0.3) is 8.53 Å². The Morgan fingerprint density at radius 1 is 0.651 bits per heavy atom. The number of fused-ring (bicyclic) bond motifs is 8. The Hall–Kier alpha value is -0.696. The molecule has 20 nitrogen and oxygen atoms in total. The minimum Gasteiger partial charge on any atom is -0.408 e. The van der Waals surface area contributed by atoms with E-state index in [1.807, 2.05) is 69.2 Å². The standard InChI is InChI=1S/C17H31N2O4P.C14H28O4Si.C14H28O3Si.C8H14O3.C7H14O.3CH4O/c1-8-17-11-20-15(14(6)22-17)16(17)23-24(21-10-9-18-7)19(12(2)3)13(4)5;1-9-11-12(18-19(6,7)13(3,4)5)14(17-9,8-16-11)10(2)15;1-8-14-9-15-11(10(2)16-14)12(14)17-18(6,7)13(3,4)5;1-3-8-4-10-6(7(8)9)5(2)11-8;1-5(2)7(8)6(3)4;3*1-2/h12-16H,8-11H2,1-6H3;9-12,15H,8H2,1-7H3;10-12H,8-9H2,1-7H3;5-7,9H,3-4H2,1-2H3;5-6H,1-4H3;3*2H,1H3/t14-,15-,16-,17-,24?;9-,10?,11-,12-,14+;10-,11-,12-,14-;5-,6-,7-,8-;;;;/m0000..../s1/i8D;;8D;3D;;3*2T/t8?,14-,15-,16-,17-,24?;;8?,10-,11-,12-,14-;3?,5-,6-,7-,8-;;;;. The largest absolute Gasteiger partial charge is 0.408 e. The molecule has 8 heterocycles. The Morgan fingerprint density at radius 2 is 1.00 bits per heavy atom. The first kappa shape index (κ1) is 72.7. The number of hydrogen-bond donors (Lipinski definition) is 5. The van der Waals surface area contributed by atoms with Crippen LogP contribution in [0.4, 0.5) is 0 Å². The highest BCUT2D eigenvalue weighted by Gasteiger charge is 2.66. The highest BCUT2D eigenvalue weighted by atomic mass is 31.2. The van der Waals surface area contributed by atoms with E-state index in [0.717, 1.165) is 0 Å². The van der Waals surface area contributed by atoms with Crippen LogP contribution in [0.5, 0.6) is 0 Å². The van der Waals surface area contributed by atoms with Gasteiger partial charge >= 0.3 is 0 Å². The van der Waals surface area contributed by atoms with Crippen LogP contribution in [0.1, 0.15) is 176 Å². The summed E-state index contributed by atoms with van der Waals surface area (Å²) < 4.78 is 116. The fourth-order valence-corrected chi connectivity index (χ4v) is 15.7. The van der Waals surface area contributed by atoms with Crippen molar-refractivity contribution in [3.05, 3.63) is 11.4 Å². The number of rotatable bonds is 18. The first-order valence-corrected chi connectivity index (χ1v) is 38.0. The van der Waals surface area contributed by atoms with Crippen molar-refractivity contribution in [1.82, 2.24) is 4.67 Å². The maximum absolute atomic E-state index is 10.8. The molecule has 8 aliphatic rings. The van der Waals surface area contributed by atoms with Crippen LogP contribution in [0.3, 0.4) is 0 Å². The maximum atomic E-state index is 10.8. The van der Waals surface area contributed by atoms with Gasteiger partial charge in [-0.2, -0.15) is 0 Å². The van der Waals surface area contributed by atoms with E-state index in [0.29, 0.717) is 45.4 Å². The number of Topliss-reactive ketones (excluding diaryl/α,β-unsaturated/α-hetero) is 1. The third-order valence-electron chi connectivity index (χ3n) is 18.3. The lowest BCUT2D eigenvalue weighted by Gasteiger charge is -2.41. The first-order valence-electron chi connectivity index (χ1n) is 34.0. The number of carbonyl (C=O) groups is 1. The highest BCUT2D eigenvalue weighted by molar-refractivity contribution is 7.44. The van der Waals surface area contributed by atoms with Gasteiger partial charge in [-0.1, -0.05) is 90.0 Å². The summed E-state index contributed by atoms with van der Waals surface area (Å²) in [5.41, 5.74) is -2.75. The fourth-order valence-electron chi connectivity index (χ4n) is 11.2. The second-order valence-electron chi connectivity index (χ2n) is 27.6. The smallest absolute Gasteiger partial charge is 0.259 e. The third-order valence-corrected chi connectivity index (χ3v) is 29.3. The van der Waals surface area contributed by atoms with Crippen molar-refractivity contribution >= 4 is 30.9 Å². The van der Waals surface area contributed by atoms with Crippen LogP contribution in [0.15, 0.2) is 0 Å². The molecule has 0 spiro atoms. The molecule has 8 rings (SSSR count). The van der Waals surface area contributed by atoms with Crippen LogP contribution >= 0.6 is 8.53 Å². The molecule has 0 aliphatic carbocycles. The van der Waals surface area contributed by atoms with Gasteiger partial charge in [-0.25, -0.2) is 11.2 Å². The molecule has 0 radical (unpaired) electrons. The van der Waals surface area contributed by atoms with Crippen LogP contribution < -0.4 is 0 Å². The second kappa shape index (κ2) is 35.0. The summed E-state index contributed by atoms with van der Waals surface area (Å²) in [5, 5.41) is 30.7. The van der Waals surface area contributed by atoms with Gasteiger partial charge in [0.05, 0.1) is 56.9 Å². The summed E-state index contributed by atoms with van der Waals surface area (Å²) in [7, 11) is -1.28. The number of carbonyl (C=O) groups excluding carboxylic acids is 1. The SMILES string of the molecule is CC(C)C(=O)C(C)C.CC(O)[C@@]12CO[C@@H]([C@H](C)O1)[C@@H]2O[Si](C)(C)C(C)(C)C.[2H]C(C)[C@@]12CO[C@@H]([C@H](C)O1)[C@@H]2O.[2H]C(C)[C@@]12CO[C@@H]([C@H](C)O1)[C@@H]2OP(OCC[N+]#[C-])N(C(C)C)C(C)C.[2H]C(C)[C@@]12CO[C@@H]([C@H](C)O1)[C@@H]2O[Si](C)(C)C(C)(C)C.[3H]OC.[3H]OC.[3H]OC. The van der Waals surface area contributed by atoms with Gasteiger partial charge in [-0.3, -0.25) is 4.79 Å². The molecule has 21 atom stereocenters. The zero-order valence-corrected chi connectivity index (χ0v) is 61.5. The molecule has 510 valence electrons. The van der Waals surface area contributed by atoms with E-state index in [9.17, 15) is 15.0 Å². The lowest BCUT2D eigenvalue weighted by Crippen LogP contribution is -2.55. The van der Waals surface area contributed by atoms with E-state index in [2.05, 4.69) is 120 Å². The van der Waals surface area contributed by atoms with Gasteiger partial charge in [0, 0.05) is 49.4 Å². The maximum Gasteiger partial charge on any atom is 0.259 e. The first-order chi connectivity index (χ1) is 42.1. The van der Waals surface area contributed by atoms with Crippen LogP contribution in [0, 0.1) is 18.4 Å². The number of ether oxygens (including phenoxy) is 8. The van der Waals surface area contributed by atoms with Crippen molar-refractivity contribution in [2.75, 3.05) is 60.9 Å². The average molecular weight is 1300 g/mol. The quantitative estimate of drug-likeness (QED) is 0.0371. The summed E-state index contributed by atoms with van der Waals surface area (Å²) in [6, 6.07) is 0.475. The van der Waals surface area contributed by atoms with Crippen molar-refractivity contribution in [2.45, 2.75) is 322 Å². The number of aliphatic hydroxyl groups is 5. The summed E-state index contributed by atoms with van der Waals surface area (Å²) in [5.74, 6) is 0.759.